The van der Waals surface area contributed by atoms with Gasteiger partial charge in [-0.1, -0.05) is 18.2 Å². The lowest BCUT2D eigenvalue weighted by molar-refractivity contribution is -0.486. The topological polar surface area (TPSA) is 6.25 Å². The number of halogens is 1. The van der Waals surface area contributed by atoms with Gasteiger partial charge in [-0.2, -0.15) is 0 Å². The minimum Gasteiger partial charge on any atom is -1.00 e. The number of hydrogen-bond acceptors (Lipinski definition) is 1. The molecule has 2 nitrogen and oxygen atoms in total. The minimum atomic E-state index is 0. The average molecular weight is 255 g/mol. The van der Waals surface area contributed by atoms with Gasteiger partial charge < -0.3 is 17.0 Å². The van der Waals surface area contributed by atoms with Gasteiger partial charge in [0, 0.05) is 0 Å². The van der Waals surface area contributed by atoms with Gasteiger partial charge in [0.05, 0.1) is 19.7 Å². The normalized spacial score (nSPS) is 15.7. The molecule has 0 N–H and O–H groups in total. The summed E-state index contributed by atoms with van der Waals surface area (Å²) in [6.07, 6.45) is 0. The van der Waals surface area contributed by atoms with Crippen LogP contribution in [-0.4, -0.2) is 42.5 Å². The highest BCUT2D eigenvalue weighted by Crippen LogP contribution is 2.07. The van der Waals surface area contributed by atoms with Crippen molar-refractivity contribution in [3.63, 3.8) is 0 Å². The molecule has 1 aliphatic rings. The van der Waals surface area contributed by atoms with E-state index in [2.05, 4.69) is 53.9 Å². The molecule has 0 unspecified atom stereocenters. The number of rotatable bonds is 1. The molecule has 0 saturated heterocycles. The number of hydrogen-bond donors (Lipinski definition) is 0. The van der Waals surface area contributed by atoms with Crippen LogP contribution >= 0.6 is 0 Å². The Morgan fingerprint density at radius 1 is 1.21 bits per heavy atom. The second kappa shape index (κ2) is 4.60. The van der Waals surface area contributed by atoms with Crippen LogP contribution in [0.1, 0.15) is 5.56 Å². The molecule has 1 aromatic carbocycles. The highest BCUT2D eigenvalue weighted by Gasteiger charge is 2.25. The number of likely N-dealkylation sites (N-methyl/N-ethyl adjacent to an activating group) is 2. The van der Waals surface area contributed by atoms with E-state index in [0.29, 0.717) is 0 Å². The van der Waals surface area contributed by atoms with Crippen molar-refractivity contribution in [3.8, 4) is 0 Å². The van der Waals surface area contributed by atoms with E-state index in [-0.39, 0.29) is 17.0 Å². The van der Waals surface area contributed by atoms with E-state index < -0.39 is 0 Å². The molecule has 76 valence electrons. The van der Waals surface area contributed by atoms with Crippen molar-refractivity contribution in [1.29, 1.82) is 0 Å². The molecule has 0 aliphatic carbocycles. The van der Waals surface area contributed by atoms with Crippen molar-refractivity contribution in [1.82, 2.24) is 4.90 Å². The second-order valence-electron chi connectivity index (χ2n) is 3.53. The fraction of sp³-hybridized carbons (Fsp3) is 0.364. The van der Waals surface area contributed by atoms with Gasteiger partial charge in [-0.05, 0) is 12.1 Å². The van der Waals surface area contributed by atoms with Crippen LogP contribution in [-0.2, 0) is 0 Å². The molecule has 2 rings (SSSR count). The molecule has 0 fully saturated rings. The first-order valence-corrected chi connectivity index (χ1v) is 4.63. The van der Waals surface area contributed by atoms with Crippen molar-refractivity contribution in [2.45, 2.75) is 0 Å². The molecule has 0 radical (unpaired) electrons. The lowest BCUT2D eigenvalue weighted by atomic mass is 10.2. The zero-order valence-electron chi connectivity index (χ0n) is 8.57. The van der Waals surface area contributed by atoms with Crippen LogP contribution in [0, 0.1) is 0 Å². The summed E-state index contributed by atoms with van der Waals surface area (Å²) in [5.74, 6) is 1.33. The van der Waals surface area contributed by atoms with Gasteiger partial charge in [0.25, 0.3) is 5.84 Å². The Morgan fingerprint density at radius 2 is 1.86 bits per heavy atom. The minimum absolute atomic E-state index is 0. The number of benzene rings is 1. The Kier molecular flexibility index (Phi) is 3.69. The van der Waals surface area contributed by atoms with Crippen LogP contribution in [0.4, 0.5) is 0 Å². The molecule has 0 bridgehead atoms. The fourth-order valence-corrected chi connectivity index (χ4v) is 1.83. The SMILES string of the molecule is CN1CC[N+](C)=C1c1ccccc1.[Br-]. The lowest BCUT2D eigenvalue weighted by Crippen LogP contribution is -3.00. The summed E-state index contributed by atoms with van der Waals surface area (Å²) >= 11 is 0. The quantitative estimate of drug-likeness (QED) is 0.527. The molecule has 0 spiro atoms. The van der Waals surface area contributed by atoms with Gasteiger partial charge in [0.1, 0.15) is 13.1 Å². The Balaban J connectivity index is 0.000000980. The van der Waals surface area contributed by atoms with Crippen LogP contribution < -0.4 is 17.0 Å². The summed E-state index contributed by atoms with van der Waals surface area (Å²) in [5, 5.41) is 0. The monoisotopic (exact) mass is 254 g/mol. The second-order valence-corrected chi connectivity index (χ2v) is 3.53. The van der Waals surface area contributed by atoms with Gasteiger partial charge in [-0.15, -0.1) is 0 Å². The predicted molar refractivity (Wildman–Crippen MR) is 54.2 cm³/mol. The molecular formula is C11H15BrN2. The zero-order chi connectivity index (χ0) is 9.26. The van der Waals surface area contributed by atoms with E-state index >= 15 is 0 Å². The maximum Gasteiger partial charge on any atom is 0.279 e. The zero-order valence-corrected chi connectivity index (χ0v) is 10.2. The first-order chi connectivity index (χ1) is 6.29. The van der Waals surface area contributed by atoms with E-state index in [0.717, 1.165) is 13.1 Å². The van der Waals surface area contributed by atoms with Gasteiger partial charge >= 0.3 is 0 Å². The first kappa shape index (κ1) is 11.2. The maximum atomic E-state index is 2.30. The number of nitrogens with zero attached hydrogens (tertiary/aromatic N) is 2. The van der Waals surface area contributed by atoms with Gasteiger partial charge in [0.15, 0.2) is 0 Å². The van der Waals surface area contributed by atoms with Crippen molar-refractivity contribution in [3.05, 3.63) is 35.9 Å². The standard InChI is InChI=1S/C11H15N2.BrH/c1-12-8-9-13(2)11(12)10-6-4-3-5-7-10;/h3-7H,8-9H2,1-2H3;1H/q+1;/p-1. The fourth-order valence-electron chi connectivity index (χ4n) is 1.83. The molecule has 1 aromatic rings. The van der Waals surface area contributed by atoms with Crippen LogP contribution in [0.3, 0.4) is 0 Å². The Labute approximate surface area is 95.6 Å². The molecule has 1 heterocycles. The summed E-state index contributed by atoms with van der Waals surface area (Å²) < 4.78 is 2.30. The maximum absolute atomic E-state index is 2.30. The Morgan fingerprint density at radius 3 is 2.36 bits per heavy atom. The van der Waals surface area contributed by atoms with Crippen LogP contribution in [0.15, 0.2) is 30.3 Å². The molecule has 3 heteroatoms. The van der Waals surface area contributed by atoms with Crippen LogP contribution in [0.2, 0.25) is 0 Å². The third kappa shape index (κ3) is 1.98. The van der Waals surface area contributed by atoms with E-state index in [1.807, 2.05) is 0 Å². The molecule has 14 heavy (non-hydrogen) atoms. The van der Waals surface area contributed by atoms with Crippen molar-refractivity contribution < 1.29 is 21.6 Å². The van der Waals surface area contributed by atoms with Gasteiger partial charge in [-0.25, -0.2) is 0 Å². The predicted octanol–water partition coefficient (Wildman–Crippen LogP) is -1.98. The van der Waals surface area contributed by atoms with Gasteiger partial charge in [0.2, 0.25) is 0 Å². The lowest BCUT2D eigenvalue weighted by Gasteiger charge is -2.06. The average Bonchev–Trinajstić information content (AvgIpc) is 2.48. The highest BCUT2D eigenvalue weighted by molar-refractivity contribution is 5.95. The van der Waals surface area contributed by atoms with Crippen molar-refractivity contribution in [2.24, 2.45) is 0 Å². The van der Waals surface area contributed by atoms with E-state index in [4.69, 9.17) is 0 Å². The molecular weight excluding hydrogens is 240 g/mol. The highest BCUT2D eigenvalue weighted by atomic mass is 79.9. The molecule has 1 aliphatic heterocycles. The molecule has 0 aromatic heterocycles. The number of amidine groups is 1. The first-order valence-electron chi connectivity index (χ1n) is 4.63. The molecule has 0 atom stereocenters. The van der Waals surface area contributed by atoms with E-state index in [1.165, 1.54) is 11.4 Å². The van der Waals surface area contributed by atoms with Crippen LogP contribution in [0.5, 0.6) is 0 Å². The molecule has 0 amide bonds. The largest absolute Gasteiger partial charge is 1.00 e. The molecule has 0 saturated carbocycles. The summed E-state index contributed by atoms with van der Waals surface area (Å²) in [5.41, 5.74) is 1.31. The van der Waals surface area contributed by atoms with E-state index in [1.54, 1.807) is 0 Å². The summed E-state index contributed by atoms with van der Waals surface area (Å²) in [7, 11) is 4.29. The summed E-state index contributed by atoms with van der Waals surface area (Å²) in [6, 6.07) is 10.5. The van der Waals surface area contributed by atoms with Gasteiger partial charge in [-0.3, -0.25) is 9.48 Å². The van der Waals surface area contributed by atoms with Crippen LogP contribution in [0.25, 0.3) is 0 Å². The third-order valence-electron chi connectivity index (χ3n) is 2.53. The van der Waals surface area contributed by atoms with E-state index in [9.17, 15) is 0 Å². The third-order valence-corrected chi connectivity index (χ3v) is 2.53. The van der Waals surface area contributed by atoms with Crippen molar-refractivity contribution in [2.75, 3.05) is 27.2 Å². The Bertz CT molecular complexity index is 332. The smallest absolute Gasteiger partial charge is 0.279 e. The van der Waals surface area contributed by atoms with Crippen molar-refractivity contribution >= 4 is 5.84 Å². The summed E-state index contributed by atoms with van der Waals surface area (Å²) in [6.45, 7) is 2.25. The summed E-state index contributed by atoms with van der Waals surface area (Å²) in [4.78, 5) is 2.30. The Hall–Kier alpha value is -0.830.